The maximum absolute atomic E-state index is 5.68. The third-order valence-corrected chi connectivity index (χ3v) is 2.52. The highest BCUT2D eigenvalue weighted by atomic mass is 16.5. The van der Waals surface area contributed by atoms with Crippen molar-refractivity contribution >= 4 is 21.9 Å². The van der Waals surface area contributed by atoms with Crippen molar-refractivity contribution in [2.75, 3.05) is 7.11 Å². The summed E-state index contributed by atoms with van der Waals surface area (Å²) in [6, 6.07) is 14.6. The SMILES string of the molecule is COc1ccc2oc3cc[c]cc3c2c1. The molecule has 0 N–H and O–H groups in total. The average Bonchev–Trinajstić information content (AvgIpc) is 2.66. The summed E-state index contributed by atoms with van der Waals surface area (Å²) in [6.45, 7) is 0. The van der Waals surface area contributed by atoms with Crippen LogP contribution < -0.4 is 4.74 Å². The van der Waals surface area contributed by atoms with Gasteiger partial charge in [-0.05, 0) is 36.4 Å². The van der Waals surface area contributed by atoms with Crippen molar-refractivity contribution in [1.82, 2.24) is 0 Å². The summed E-state index contributed by atoms with van der Waals surface area (Å²) in [5, 5.41) is 2.15. The van der Waals surface area contributed by atoms with E-state index in [9.17, 15) is 0 Å². The molecule has 1 aromatic heterocycles. The largest absolute Gasteiger partial charge is 0.497 e. The van der Waals surface area contributed by atoms with Gasteiger partial charge in [-0.25, -0.2) is 0 Å². The van der Waals surface area contributed by atoms with Crippen molar-refractivity contribution < 1.29 is 9.15 Å². The Kier molecular flexibility index (Phi) is 1.68. The van der Waals surface area contributed by atoms with E-state index in [1.807, 2.05) is 36.4 Å². The van der Waals surface area contributed by atoms with Gasteiger partial charge in [0.2, 0.25) is 0 Å². The van der Waals surface area contributed by atoms with Gasteiger partial charge in [-0.3, -0.25) is 0 Å². The fraction of sp³-hybridized carbons (Fsp3) is 0.0769. The second-order valence-corrected chi connectivity index (χ2v) is 3.39. The number of methoxy groups -OCH3 is 1. The topological polar surface area (TPSA) is 22.4 Å². The van der Waals surface area contributed by atoms with Crippen LogP contribution >= 0.6 is 0 Å². The highest BCUT2D eigenvalue weighted by Crippen LogP contribution is 2.30. The number of furan rings is 1. The van der Waals surface area contributed by atoms with Crippen LogP contribution in [0.15, 0.2) is 40.8 Å². The number of benzene rings is 2. The third kappa shape index (κ3) is 1.18. The van der Waals surface area contributed by atoms with E-state index < -0.39 is 0 Å². The minimum atomic E-state index is 0.842. The smallest absolute Gasteiger partial charge is 0.135 e. The van der Waals surface area contributed by atoms with Crippen LogP contribution in [-0.4, -0.2) is 7.11 Å². The molecule has 2 aromatic carbocycles. The van der Waals surface area contributed by atoms with Crippen LogP contribution in [0.25, 0.3) is 21.9 Å². The average molecular weight is 197 g/mol. The molecule has 15 heavy (non-hydrogen) atoms. The fourth-order valence-electron chi connectivity index (χ4n) is 1.77. The lowest BCUT2D eigenvalue weighted by molar-refractivity contribution is 0.415. The molecular weight excluding hydrogens is 188 g/mol. The van der Waals surface area contributed by atoms with Gasteiger partial charge in [0.1, 0.15) is 16.9 Å². The van der Waals surface area contributed by atoms with Gasteiger partial charge >= 0.3 is 0 Å². The molecule has 0 saturated carbocycles. The van der Waals surface area contributed by atoms with Crippen molar-refractivity contribution in [2.45, 2.75) is 0 Å². The molecule has 73 valence electrons. The minimum Gasteiger partial charge on any atom is -0.497 e. The van der Waals surface area contributed by atoms with Gasteiger partial charge in [0.05, 0.1) is 7.11 Å². The number of rotatable bonds is 1. The molecule has 3 aromatic rings. The van der Waals surface area contributed by atoms with Crippen LogP contribution in [0.2, 0.25) is 0 Å². The van der Waals surface area contributed by atoms with Crippen molar-refractivity contribution in [3.63, 3.8) is 0 Å². The Hall–Kier alpha value is -1.96. The Balaban J connectivity index is 2.46. The highest BCUT2D eigenvalue weighted by Gasteiger charge is 2.06. The van der Waals surface area contributed by atoms with E-state index in [0.29, 0.717) is 0 Å². The molecule has 0 fully saturated rings. The maximum atomic E-state index is 5.68. The van der Waals surface area contributed by atoms with Gasteiger partial charge < -0.3 is 9.15 Å². The molecule has 0 unspecified atom stereocenters. The second-order valence-electron chi connectivity index (χ2n) is 3.39. The first kappa shape index (κ1) is 8.36. The van der Waals surface area contributed by atoms with E-state index in [1.54, 1.807) is 7.11 Å². The summed E-state index contributed by atoms with van der Waals surface area (Å²) in [5.74, 6) is 0.842. The van der Waals surface area contributed by atoms with Gasteiger partial charge in [-0.1, -0.05) is 6.07 Å². The Morgan fingerprint density at radius 1 is 1.13 bits per heavy atom. The molecular formula is C13H9O2. The highest BCUT2D eigenvalue weighted by molar-refractivity contribution is 6.05. The summed E-state index contributed by atoms with van der Waals surface area (Å²) < 4.78 is 10.9. The zero-order valence-corrected chi connectivity index (χ0v) is 8.28. The zero-order chi connectivity index (χ0) is 10.3. The normalized spacial score (nSPS) is 11.0. The van der Waals surface area contributed by atoms with Crippen LogP contribution in [-0.2, 0) is 0 Å². The molecule has 2 heteroatoms. The first-order chi connectivity index (χ1) is 7.38. The van der Waals surface area contributed by atoms with Crippen molar-refractivity contribution in [3.05, 3.63) is 42.5 Å². The zero-order valence-electron chi connectivity index (χ0n) is 8.28. The molecule has 2 nitrogen and oxygen atoms in total. The predicted molar refractivity (Wildman–Crippen MR) is 59.1 cm³/mol. The van der Waals surface area contributed by atoms with E-state index in [0.717, 1.165) is 27.7 Å². The van der Waals surface area contributed by atoms with Crippen molar-refractivity contribution in [3.8, 4) is 5.75 Å². The minimum absolute atomic E-state index is 0.842. The van der Waals surface area contributed by atoms with Gasteiger partial charge in [0.15, 0.2) is 0 Å². The molecule has 0 amide bonds. The van der Waals surface area contributed by atoms with E-state index in [4.69, 9.17) is 9.15 Å². The lowest BCUT2D eigenvalue weighted by atomic mass is 10.1. The molecule has 1 radical (unpaired) electrons. The molecule has 0 atom stereocenters. The Morgan fingerprint density at radius 3 is 2.87 bits per heavy atom. The molecule has 0 bridgehead atoms. The van der Waals surface area contributed by atoms with Crippen molar-refractivity contribution in [2.24, 2.45) is 0 Å². The molecule has 0 saturated heterocycles. The molecule has 0 aliphatic heterocycles. The van der Waals surface area contributed by atoms with E-state index in [2.05, 4.69) is 6.07 Å². The van der Waals surface area contributed by atoms with Crippen LogP contribution in [0.3, 0.4) is 0 Å². The predicted octanol–water partition coefficient (Wildman–Crippen LogP) is 3.39. The second kappa shape index (κ2) is 3.02. The lowest BCUT2D eigenvalue weighted by Crippen LogP contribution is -1.80. The quantitative estimate of drug-likeness (QED) is 0.596. The van der Waals surface area contributed by atoms with Gasteiger partial charge in [0, 0.05) is 10.8 Å². The molecule has 1 heterocycles. The molecule has 0 aliphatic rings. The monoisotopic (exact) mass is 197 g/mol. The third-order valence-electron chi connectivity index (χ3n) is 2.52. The number of hydrogen-bond donors (Lipinski definition) is 0. The number of fused-ring (bicyclic) bond motifs is 3. The molecule has 0 spiro atoms. The van der Waals surface area contributed by atoms with Crippen LogP contribution in [0.4, 0.5) is 0 Å². The molecule has 3 rings (SSSR count). The van der Waals surface area contributed by atoms with Gasteiger partial charge in [-0.15, -0.1) is 0 Å². The summed E-state index contributed by atoms with van der Waals surface area (Å²) in [7, 11) is 1.66. The Bertz CT molecular complexity index is 623. The van der Waals surface area contributed by atoms with E-state index >= 15 is 0 Å². The first-order valence-corrected chi connectivity index (χ1v) is 4.75. The lowest BCUT2D eigenvalue weighted by Gasteiger charge is -1.97. The van der Waals surface area contributed by atoms with Crippen LogP contribution in [0, 0.1) is 6.07 Å². The molecule has 0 aliphatic carbocycles. The summed E-state index contributed by atoms with van der Waals surface area (Å²) in [5.41, 5.74) is 1.77. The standard InChI is InChI=1S/C13H9O2/c1-14-9-6-7-13-11(8-9)10-4-2-3-5-12(10)15-13/h3-8H,1H3. The number of ether oxygens (including phenoxy) is 1. The summed E-state index contributed by atoms with van der Waals surface area (Å²) in [4.78, 5) is 0. The number of hydrogen-bond acceptors (Lipinski definition) is 2. The fourth-order valence-corrected chi connectivity index (χ4v) is 1.77. The summed E-state index contributed by atoms with van der Waals surface area (Å²) >= 11 is 0. The van der Waals surface area contributed by atoms with Crippen molar-refractivity contribution in [1.29, 1.82) is 0 Å². The summed E-state index contributed by atoms with van der Waals surface area (Å²) in [6.07, 6.45) is 0. The van der Waals surface area contributed by atoms with Crippen LogP contribution in [0.5, 0.6) is 5.75 Å². The maximum Gasteiger partial charge on any atom is 0.135 e. The first-order valence-electron chi connectivity index (χ1n) is 4.75. The Morgan fingerprint density at radius 2 is 2.00 bits per heavy atom. The van der Waals surface area contributed by atoms with Gasteiger partial charge in [-0.2, -0.15) is 0 Å². The van der Waals surface area contributed by atoms with Crippen LogP contribution in [0.1, 0.15) is 0 Å². The Labute approximate surface area is 87.1 Å². The van der Waals surface area contributed by atoms with E-state index in [-0.39, 0.29) is 0 Å². The van der Waals surface area contributed by atoms with E-state index in [1.165, 1.54) is 0 Å². The van der Waals surface area contributed by atoms with Gasteiger partial charge in [0.25, 0.3) is 0 Å².